The maximum absolute atomic E-state index is 13.1. The molecule has 0 unspecified atom stereocenters. The number of carbonyl (C=O) groups excluding carboxylic acids is 1. The molecule has 1 aliphatic rings. The molecule has 0 saturated carbocycles. The summed E-state index contributed by atoms with van der Waals surface area (Å²) in [6.45, 7) is 1.51. The zero-order valence-corrected chi connectivity index (χ0v) is 12.4. The summed E-state index contributed by atoms with van der Waals surface area (Å²) in [5.41, 5.74) is -0.0551. The van der Waals surface area contributed by atoms with Crippen LogP contribution in [-0.4, -0.2) is 67.5 Å². The van der Waals surface area contributed by atoms with Crippen molar-refractivity contribution in [3.8, 4) is 5.75 Å². The first-order valence-electron chi connectivity index (χ1n) is 6.46. The Balaban J connectivity index is 1.97. The number of ketones is 1. The zero-order chi connectivity index (χ0) is 15.6. The first-order chi connectivity index (χ1) is 9.77. The molecule has 1 aromatic rings. The third-order valence-corrected chi connectivity index (χ3v) is 4.73. The number of sulfonamides is 1. The molecule has 0 aromatic heterocycles. The van der Waals surface area contributed by atoms with Crippen LogP contribution < -0.4 is 0 Å². The number of phenolic OH excluding ortho intramolecular Hbond substituents is 1. The molecule has 0 amide bonds. The van der Waals surface area contributed by atoms with E-state index >= 15 is 0 Å². The molecule has 1 N–H and O–H groups in total. The number of halogens is 1. The molecule has 0 atom stereocenters. The Bertz CT molecular complexity index is 640. The van der Waals surface area contributed by atoms with Crippen LogP contribution in [0.1, 0.15) is 10.4 Å². The molecule has 116 valence electrons. The number of carbonyl (C=O) groups is 1. The SMILES string of the molecule is CS(=O)(=O)N1CCN(CC(=O)c2cc(F)ccc2O)CC1. The summed E-state index contributed by atoms with van der Waals surface area (Å²) in [7, 11) is -3.21. The third-order valence-electron chi connectivity index (χ3n) is 3.43. The second-order valence-electron chi connectivity index (χ2n) is 5.02. The van der Waals surface area contributed by atoms with Crippen LogP contribution in [0.3, 0.4) is 0 Å². The van der Waals surface area contributed by atoms with Gasteiger partial charge in [0.2, 0.25) is 10.0 Å². The Kier molecular flexibility index (Phi) is 4.60. The van der Waals surface area contributed by atoms with Crippen LogP contribution in [0.15, 0.2) is 18.2 Å². The van der Waals surface area contributed by atoms with E-state index in [0.29, 0.717) is 26.2 Å². The highest BCUT2D eigenvalue weighted by molar-refractivity contribution is 7.88. The summed E-state index contributed by atoms with van der Waals surface area (Å²) < 4.78 is 37.2. The van der Waals surface area contributed by atoms with Crippen LogP contribution in [0, 0.1) is 5.82 Å². The molecule has 6 nitrogen and oxygen atoms in total. The normalized spacial score (nSPS) is 17.8. The number of piperazine rings is 1. The lowest BCUT2D eigenvalue weighted by Crippen LogP contribution is -2.49. The molecular weight excluding hydrogens is 299 g/mol. The third kappa shape index (κ3) is 3.99. The summed E-state index contributed by atoms with van der Waals surface area (Å²) >= 11 is 0. The fourth-order valence-electron chi connectivity index (χ4n) is 2.24. The van der Waals surface area contributed by atoms with Gasteiger partial charge in [-0.15, -0.1) is 0 Å². The molecule has 1 aliphatic heterocycles. The topological polar surface area (TPSA) is 77.9 Å². The predicted octanol–water partition coefficient (Wildman–Crippen LogP) is 0.291. The van der Waals surface area contributed by atoms with E-state index in [1.165, 1.54) is 4.31 Å². The van der Waals surface area contributed by atoms with Gasteiger partial charge in [0.05, 0.1) is 18.4 Å². The van der Waals surface area contributed by atoms with Crippen LogP contribution >= 0.6 is 0 Å². The molecule has 8 heteroatoms. The predicted molar refractivity (Wildman–Crippen MR) is 75.3 cm³/mol. The summed E-state index contributed by atoms with van der Waals surface area (Å²) in [4.78, 5) is 13.9. The average molecular weight is 316 g/mol. The Morgan fingerprint density at radius 2 is 1.90 bits per heavy atom. The number of Topliss-reactive ketones (excluding diaryl/α,β-unsaturated/α-hetero) is 1. The monoisotopic (exact) mass is 316 g/mol. The van der Waals surface area contributed by atoms with E-state index in [2.05, 4.69) is 0 Å². The Labute approximate surface area is 122 Å². The minimum absolute atomic E-state index is 0.0224. The molecule has 1 fully saturated rings. The van der Waals surface area contributed by atoms with Crippen LogP contribution in [0.5, 0.6) is 5.75 Å². The molecular formula is C13H17FN2O4S. The van der Waals surface area contributed by atoms with E-state index in [1.807, 2.05) is 0 Å². The van der Waals surface area contributed by atoms with Gasteiger partial charge in [0, 0.05) is 26.2 Å². The lowest BCUT2D eigenvalue weighted by molar-refractivity contribution is 0.0899. The molecule has 1 heterocycles. The van der Waals surface area contributed by atoms with Gasteiger partial charge in [-0.25, -0.2) is 12.8 Å². The van der Waals surface area contributed by atoms with Gasteiger partial charge in [-0.05, 0) is 18.2 Å². The van der Waals surface area contributed by atoms with Crippen LogP contribution in [0.25, 0.3) is 0 Å². The minimum atomic E-state index is -3.21. The van der Waals surface area contributed by atoms with E-state index in [1.54, 1.807) is 4.90 Å². The Hall–Kier alpha value is -1.51. The number of nitrogens with zero attached hydrogens (tertiary/aromatic N) is 2. The van der Waals surface area contributed by atoms with E-state index < -0.39 is 15.8 Å². The molecule has 0 bridgehead atoms. The van der Waals surface area contributed by atoms with Crippen molar-refractivity contribution in [1.82, 2.24) is 9.21 Å². The maximum Gasteiger partial charge on any atom is 0.211 e. The molecule has 1 aromatic carbocycles. The van der Waals surface area contributed by atoms with Crippen molar-refractivity contribution in [2.24, 2.45) is 0 Å². The number of aromatic hydroxyl groups is 1. The molecule has 0 aliphatic carbocycles. The number of benzene rings is 1. The standard InChI is InChI=1S/C13H17FN2O4S/c1-21(19,20)16-6-4-15(5-7-16)9-13(18)11-8-10(14)2-3-12(11)17/h2-3,8,17H,4-7,9H2,1H3. The van der Waals surface area contributed by atoms with E-state index in [4.69, 9.17) is 0 Å². The lowest BCUT2D eigenvalue weighted by atomic mass is 10.1. The van der Waals surface area contributed by atoms with Gasteiger partial charge in [0.25, 0.3) is 0 Å². The van der Waals surface area contributed by atoms with Crippen LogP contribution in [0.4, 0.5) is 4.39 Å². The van der Waals surface area contributed by atoms with E-state index in [0.717, 1.165) is 24.5 Å². The van der Waals surface area contributed by atoms with Crippen molar-refractivity contribution in [2.75, 3.05) is 39.0 Å². The first kappa shape index (κ1) is 15.9. The smallest absolute Gasteiger partial charge is 0.211 e. The lowest BCUT2D eigenvalue weighted by Gasteiger charge is -2.32. The van der Waals surface area contributed by atoms with Crippen molar-refractivity contribution in [1.29, 1.82) is 0 Å². The van der Waals surface area contributed by atoms with Gasteiger partial charge in [-0.3, -0.25) is 9.69 Å². The van der Waals surface area contributed by atoms with Gasteiger partial charge >= 0.3 is 0 Å². The van der Waals surface area contributed by atoms with Crippen molar-refractivity contribution in [3.05, 3.63) is 29.6 Å². The molecule has 21 heavy (non-hydrogen) atoms. The fraction of sp³-hybridized carbons (Fsp3) is 0.462. The summed E-state index contributed by atoms with van der Waals surface area (Å²) in [6.07, 6.45) is 1.15. The fourth-order valence-corrected chi connectivity index (χ4v) is 3.07. The molecule has 1 saturated heterocycles. The van der Waals surface area contributed by atoms with Gasteiger partial charge in [0.1, 0.15) is 11.6 Å². The van der Waals surface area contributed by atoms with Crippen LogP contribution in [0.2, 0.25) is 0 Å². The van der Waals surface area contributed by atoms with Crippen molar-refractivity contribution in [3.63, 3.8) is 0 Å². The second kappa shape index (κ2) is 6.08. The average Bonchev–Trinajstić information content (AvgIpc) is 2.41. The molecule has 2 rings (SSSR count). The van der Waals surface area contributed by atoms with Crippen molar-refractivity contribution in [2.45, 2.75) is 0 Å². The number of phenols is 1. The Morgan fingerprint density at radius 1 is 1.29 bits per heavy atom. The Morgan fingerprint density at radius 3 is 2.48 bits per heavy atom. The summed E-state index contributed by atoms with van der Waals surface area (Å²) in [5.74, 6) is -1.23. The van der Waals surface area contributed by atoms with Crippen LogP contribution in [-0.2, 0) is 10.0 Å². The molecule has 0 spiro atoms. The zero-order valence-electron chi connectivity index (χ0n) is 11.6. The van der Waals surface area contributed by atoms with E-state index in [9.17, 15) is 22.7 Å². The summed E-state index contributed by atoms with van der Waals surface area (Å²) in [6, 6.07) is 3.23. The van der Waals surface area contributed by atoms with E-state index in [-0.39, 0.29) is 23.6 Å². The highest BCUT2D eigenvalue weighted by Crippen LogP contribution is 2.19. The second-order valence-corrected chi connectivity index (χ2v) is 7.01. The minimum Gasteiger partial charge on any atom is -0.507 e. The first-order valence-corrected chi connectivity index (χ1v) is 8.31. The number of rotatable bonds is 4. The highest BCUT2D eigenvalue weighted by Gasteiger charge is 2.25. The number of hydrogen-bond donors (Lipinski definition) is 1. The van der Waals surface area contributed by atoms with Crippen molar-refractivity contribution >= 4 is 15.8 Å². The van der Waals surface area contributed by atoms with Gasteiger partial charge in [-0.2, -0.15) is 4.31 Å². The molecule has 0 radical (unpaired) electrons. The summed E-state index contributed by atoms with van der Waals surface area (Å²) in [5, 5.41) is 9.59. The number of hydrogen-bond acceptors (Lipinski definition) is 5. The largest absolute Gasteiger partial charge is 0.507 e. The van der Waals surface area contributed by atoms with Gasteiger partial charge in [-0.1, -0.05) is 0 Å². The maximum atomic E-state index is 13.1. The highest BCUT2D eigenvalue weighted by atomic mass is 32.2. The quantitative estimate of drug-likeness (QED) is 0.808. The van der Waals surface area contributed by atoms with Gasteiger partial charge < -0.3 is 5.11 Å². The van der Waals surface area contributed by atoms with Crippen molar-refractivity contribution < 1.29 is 22.7 Å². The van der Waals surface area contributed by atoms with Gasteiger partial charge in [0.15, 0.2) is 5.78 Å².